The Hall–Kier alpha value is -2.36. The Morgan fingerprint density at radius 1 is 1.11 bits per heavy atom. The average Bonchev–Trinajstić information content (AvgIpc) is 2.38. The number of rotatable bonds is 4. The van der Waals surface area contributed by atoms with Crippen LogP contribution in [0, 0.1) is 24.0 Å². The summed E-state index contributed by atoms with van der Waals surface area (Å²) in [5, 5.41) is 14.1. The van der Waals surface area contributed by atoms with E-state index in [9.17, 15) is 10.1 Å². The first-order valence-electron chi connectivity index (χ1n) is 6.11. The van der Waals surface area contributed by atoms with E-state index in [0.717, 1.165) is 11.3 Å². The lowest BCUT2D eigenvalue weighted by molar-refractivity contribution is -0.384. The average molecular weight is 256 g/mol. The molecule has 0 heterocycles. The fourth-order valence-electron chi connectivity index (χ4n) is 2.06. The number of nitrogens with one attached hydrogen (secondary N) is 1. The molecule has 1 N–H and O–H groups in total. The molecule has 4 heteroatoms. The summed E-state index contributed by atoms with van der Waals surface area (Å²) in [7, 11) is 0. The third kappa shape index (κ3) is 3.10. The molecule has 2 aromatic carbocycles. The van der Waals surface area contributed by atoms with Crippen molar-refractivity contribution in [2.75, 3.05) is 5.32 Å². The van der Waals surface area contributed by atoms with Gasteiger partial charge in [-0.25, -0.2) is 0 Å². The molecule has 0 atom stereocenters. The predicted octanol–water partition coefficient (Wildman–Crippen LogP) is 3.82. The number of non-ortho nitro benzene ring substituents is 1. The van der Waals surface area contributed by atoms with E-state index in [1.165, 1.54) is 17.2 Å². The van der Waals surface area contributed by atoms with Crippen molar-refractivity contribution in [1.29, 1.82) is 0 Å². The maximum atomic E-state index is 10.7. The number of nitrogens with zero attached hydrogens (tertiary/aromatic N) is 1. The van der Waals surface area contributed by atoms with Crippen molar-refractivity contribution in [3.63, 3.8) is 0 Å². The third-order valence-electron chi connectivity index (χ3n) is 3.07. The fraction of sp³-hybridized carbons (Fsp3) is 0.200. The number of aryl methyl sites for hydroxylation is 2. The lowest BCUT2D eigenvalue weighted by Gasteiger charge is -2.12. The van der Waals surface area contributed by atoms with Gasteiger partial charge in [0.05, 0.1) is 4.92 Å². The van der Waals surface area contributed by atoms with Gasteiger partial charge in [0.2, 0.25) is 0 Å². The molecular formula is C15H16N2O2. The summed E-state index contributed by atoms with van der Waals surface area (Å²) in [6, 6.07) is 12.8. The molecule has 0 bridgehead atoms. The van der Waals surface area contributed by atoms with Crippen molar-refractivity contribution in [2.45, 2.75) is 20.4 Å². The Labute approximate surface area is 112 Å². The zero-order valence-corrected chi connectivity index (χ0v) is 11.0. The van der Waals surface area contributed by atoms with Crippen molar-refractivity contribution in [2.24, 2.45) is 0 Å². The zero-order chi connectivity index (χ0) is 13.8. The maximum absolute atomic E-state index is 10.7. The number of hydrogen-bond acceptors (Lipinski definition) is 3. The van der Waals surface area contributed by atoms with Gasteiger partial charge in [0.25, 0.3) is 5.69 Å². The molecule has 0 aromatic heterocycles. The second-order valence-electron chi connectivity index (χ2n) is 4.55. The largest absolute Gasteiger partial charge is 0.381 e. The Balaban J connectivity index is 2.15. The summed E-state index contributed by atoms with van der Waals surface area (Å²) in [4.78, 5) is 10.3. The first-order valence-corrected chi connectivity index (χ1v) is 6.11. The van der Waals surface area contributed by atoms with Crippen LogP contribution in [0.25, 0.3) is 0 Å². The third-order valence-corrected chi connectivity index (χ3v) is 3.07. The highest BCUT2D eigenvalue weighted by Gasteiger charge is 2.06. The smallest absolute Gasteiger partial charge is 0.269 e. The normalized spacial score (nSPS) is 10.2. The molecule has 19 heavy (non-hydrogen) atoms. The zero-order valence-electron chi connectivity index (χ0n) is 11.0. The van der Waals surface area contributed by atoms with E-state index in [4.69, 9.17) is 0 Å². The van der Waals surface area contributed by atoms with E-state index >= 15 is 0 Å². The Bertz CT molecular complexity index is 589. The molecular weight excluding hydrogens is 240 g/mol. The lowest BCUT2D eigenvalue weighted by atomic mass is 10.1. The fourth-order valence-corrected chi connectivity index (χ4v) is 2.06. The van der Waals surface area contributed by atoms with Crippen LogP contribution < -0.4 is 5.32 Å². The molecule has 0 saturated heterocycles. The van der Waals surface area contributed by atoms with E-state index in [2.05, 4.69) is 5.32 Å². The van der Waals surface area contributed by atoms with Crippen LogP contribution in [-0.4, -0.2) is 4.92 Å². The number of hydrogen-bond donors (Lipinski definition) is 1. The van der Waals surface area contributed by atoms with Crippen LogP contribution in [0.4, 0.5) is 11.4 Å². The Kier molecular flexibility index (Phi) is 3.80. The van der Waals surface area contributed by atoms with Crippen molar-refractivity contribution >= 4 is 11.4 Å². The van der Waals surface area contributed by atoms with Crippen LogP contribution in [-0.2, 0) is 6.54 Å². The summed E-state index contributed by atoms with van der Waals surface area (Å²) >= 11 is 0. The lowest BCUT2D eigenvalue weighted by Crippen LogP contribution is -2.03. The highest BCUT2D eigenvalue weighted by Crippen LogP contribution is 2.21. The van der Waals surface area contributed by atoms with E-state index in [1.807, 2.05) is 38.1 Å². The second-order valence-corrected chi connectivity index (χ2v) is 4.55. The van der Waals surface area contributed by atoms with E-state index < -0.39 is 0 Å². The number of nitro benzene ring substituents is 1. The summed E-state index contributed by atoms with van der Waals surface area (Å²) in [6.07, 6.45) is 0. The molecule has 0 aliphatic rings. The minimum absolute atomic E-state index is 0.126. The summed E-state index contributed by atoms with van der Waals surface area (Å²) < 4.78 is 0. The first-order chi connectivity index (χ1) is 9.08. The van der Waals surface area contributed by atoms with E-state index in [0.29, 0.717) is 6.54 Å². The highest BCUT2D eigenvalue weighted by atomic mass is 16.6. The summed E-state index contributed by atoms with van der Waals surface area (Å²) in [5.74, 6) is 0. The molecule has 0 aliphatic heterocycles. The van der Waals surface area contributed by atoms with Crippen LogP contribution in [0.5, 0.6) is 0 Å². The number of para-hydroxylation sites is 1. The molecule has 98 valence electrons. The first kappa shape index (κ1) is 13.1. The molecule has 0 saturated carbocycles. The van der Waals surface area contributed by atoms with Crippen LogP contribution in [0.3, 0.4) is 0 Å². The predicted molar refractivity (Wildman–Crippen MR) is 76.3 cm³/mol. The Morgan fingerprint density at radius 2 is 1.74 bits per heavy atom. The van der Waals surface area contributed by atoms with Crippen LogP contribution in [0.1, 0.15) is 16.7 Å². The van der Waals surface area contributed by atoms with Crippen molar-refractivity contribution in [3.8, 4) is 0 Å². The quantitative estimate of drug-likeness (QED) is 0.668. The molecule has 0 amide bonds. The number of nitro groups is 1. The monoisotopic (exact) mass is 256 g/mol. The second kappa shape index (κ2) is 5.52. The molecule has 0 spiro atoms. The summed E-state index contributed by atoms with van der Waals surface area (Å²) in [6.45, 7) is 4.67. The molecule has 0 fully saturated rings. The van der Waals surface area contributed by atoms with Gasteiger partial charge in [0.1, 0.15) is 0 Å². The van der Waals surface area contributed by atoms with Crippen molar-refractivity contribution in [1.82, 2.24) is 0 Å². The van der Waals surface area contributed by atoms with Gasteiger partial charge in [0.15, 0.2) is 0 Å². The van der Waals surface area contributed by atoms with Gasteiger partial charge < -0.3 is 5.32 Å². The Morgan fingerprint density at radius 3 is 2.37 bits per heavy atom. The summed E-state index contributed by atoms with van der Waals surface area (Å²) in [5.41, 5.74) is 4.46. The maximum Gasteiger partial charge on any atom is 0.269 e. The van der Waals surface area contributed by atoms with Crippen LogP contribution in [0.2, 0.25) is 0 Å². The molecule has 0 unspecified atom stereocenters. The van der Waals surface area contributed by atoms with Crippen LogP contribution in [0.15, 0.2) is 42.5 Å². The van der Waals surface area contributed by atoms with E-state index in [1.54, 1.807) is 12.1 Å². The van der Waals surface area contributed by atoms with Gasteiger partial charge in [-0.15, -0.1) is 0 Å². The van der Waals surface area contributed by atoms with Gasteiger partial charge in [-0.3, -0.25) is 10.1 Å². The topological polar surface area (TPSA) is 55.2 Å². The van der Waals surface area contributed by atoms with E-state index in [-0.39, 0.29) is 10.6 Å². The van der Waals surface area contributed by atoms with Gasteiger partial charge in [0, 0.05) is 24.4 Å². The molecule has 4 nitrogen and oxygen atoms in total. The molecule has 0 radical (unpaired) electrons. The highest BCUT2D eigenvalue weighted by molar-refractivity contribution is 5.56. The minimum atomic E-state index is -0.373. The van der Waals surface area contributed by atoms with Gasteiger partial charge >= 0.3 is 0 Å². The van der Waals surface area contributed by atoms with Crippen LogP contribution >= 0.6 is 0 Å². The number of benzene rings is 2. The molecule has 2 aromatic rings. The van der Waals surface area contributed by atoms with Gasteiger partial charge in [-0.05, 0) is 30.5 Å². The molecule has 2 rings (SSSR count). The van der Waals surface area contributed by atoms with Gasteiger partial charge in [-0.1, -0.05) is 30.3 Å². The number of anilines is 1. The van der Waals surface area contributed by atoms with Gasteiger partial charge in [-0.2, -0.15) is 0 Å². The SMILES string of the molecule is Cc1cccc(C)c1NCc1cccc([N+](=O)[O-])c1. The minimum Gasteiger partial charge on any atom is -0.381 e. The van der Waals surface area contributed by atoms with Crippen molar-refractivity contribution in [3.05, 3.63) is 69.3 Å². The standard InChI is InChI=1S/C15H16N2O2/c1-11-5-3-6-12(2)15(11)16-10-13-7-4-8-14(9-13)17(18)19/h3-9,16H,10H2,1-2H3. The van der Waals surface area contributed by atoms with Crippen molar-refractivity contribution < 1.29 is 4.92 Å². The molecule has 0 aliphatic carbocycles.